The number of para-hydroxylation sites is 2. The van der Waals surface area contributed by atoms with Gasteiger partial charge < -0.3 is 4.74 Å². The number of sulfonamides is 1. The van der Waals surface area contributed by atoms with E-state index in [0.29, 0.717) is 17.4 Å². The molecular weight excluding hydrogens is 458 g/mol. The molecule has 31 heavy (non-hydrogen) atoms. The van der Waals surface area contributed by atoms with Crippen LogP contribution in [0, 0.1) is 0 Å². The Morgan fingerprint density at radius 1 is 1.16 bits per heavy atom. The van der Waals surface area contributed by atoms with Gasteiger partial charge in [0.1, 0.15) is 12.3 Å². The van der Waals surface area contributed by atoms with Crippen molar-refractivity contribution < 1.29 is 17.9 Å². The molecule has 0 saturated carbocycles. The van der Waals surface area contributed by atoms with Crippen molar-refractivity contribution >= 4 is 50.8 Å². The van der Waals surface area contributed by atoms with Gasteiger partial charge in [-0.1, -0.05) is 29.8 Å². The van der Waals surface area contributed by atoms with Crippen molar-refractivity contribution in [3.8, 4) is 5.75 Å². The minimum atomic E-state index is -4.09. The minimum Gasteiger partial charge on any atom is -0.492 e. The van der Waals surface area contributed by atoms with Crippen molar-refractivity contribution in [3.05, 3.63) is 75.9 Å². The Hall–Kier alpha value is -2.88. The fourth-order valence-corrected chi connectivity index (χ4v) is 4.82. The Kier molecular flexibility index (Phi) is 7.67. The molecule has 0 spiro atoms. The number of amides is 1. The highest BCUT2D eigenvalue weighted by atomic mass is 35.5. The number of nitrogens with one attached hydrogen (secondary N) is 1. The van der Waals surface area contributed by atoms with Crippen molar-refractivity contribution in [1.82, 2.24) is 5.43 Å². The molecule has 0 unspecified atom stereocenters. The number of ether oxygens (including phenoxy) is 1. The monoisotopic (exact) mass is 477 g/mol. The van der Waals surface area contributed by atoms with E-state index >= 15 is 0 Å². The SMILES string of the molecule is CCOc1ccccc1N(CC(=O)N/N=C\c1cccs1)S(=O)(=O)c1ccc(Cl)cc1. The molecule has 162 valence electrons. The van der Waals surface area contributed by atoms with Crippen molar-refractivity contribution in [2.24, 2.45) is 5.10 Å². The lowest BCUT2D eigenvalue weighted by atomic mass is 10.3. The molecule has 1 N–H and O–H groups in total. The van der Waals surface area contributed by atoms with Crippen LogP contribution in [0.15, 0.2) is 76.0 Å². The van der Waals surface area contributed by atoms with Crippen LogP contribution < -0.4 is 14.5 Å². The van der Waals surface area contributed by atoms with E-state index < -0.39 is 22.5 Å². The second kappa shape index (κ2) is 10.4. The Balaban J connectivity index is 1.92. The van der Waals surface area contributed by atoms with Crippen LogP contribution in [0.2, 0.25) is 5.02 Å². The predicted molar refractivity (Wildman–Crippen MR) is 124 cm³/mol. The van der Waals surface area contributed by atoms with Crippen LogP contribution in [0.25, 0.3) is 0 Å². The highest BCUT2D eigenvalue weighted by molar-refractivity contribution is 7.92. The van der Waals surface area contributed by atoms with E-state index in [9.17, 15) is 13.2 Å². The standard InChI is InChI=1S/C21H20ClN3O4S2/c1-2-29-20-8-4-3-7-19(20)25(31(27,28)18-11-9-16(22)10-12-18)15-21(26)24-23-14-17-6-5-13-30-17/h3-14H,2,15H2,1H3,(H,24,26)/b23-14-. The second-order valence-corrected chi connectivity index (χ2v) is 9.45. The fourth-order valence-electron chi connectivity index (χ4n) is 2.67. The smallest absolute Gasteiger partial charge is 0.264 e. The normalized spacial score (nSPS) is 11.4. The third-order valence-corrected chi connectivity index (χ3v) is 6.88. The summed E-state index contributed by atoms with van der Waals surface area (Å²) in [5.74, 6) is -0.255. The average molecular weight is 478 g/mol. The molecule has 2 aromatic carbocycles. The Bertz CT molecular complexity index is 1150. The predicted octanol–water partition coefficient (Wildman–Crippen LogP) is 4.15. The number of hydrazone groups is 1. The van der Waals surface area contributed by atoms with Gasteiger partial charge in [0.15, 0.2) is 0 Å². The summed E-state index contributed by atoms with van der Waals surface area (Å²) in [6.45, 7) is 1.64. The number of carbonyl (C=O) groups excluding carboxylic acids is 1. The lowest BCUT2D eigenvalue weighted by Crippen LogP contribution is -2.39. The van der Waals surface area contributed by atoms with Gasteiger partial charge in [-0.05, 0) is 54.8 Å². The number of benzene rings is 2. The molecule has 1 heterocycles. The molecule has 7 nitrogen and oxygen atoms in total. The van der Waals surface area contributed by atoms with Crippen LogP contribution in [-0.2, 0) is 14.8 Å². The van der Waals surface area contributed by atoms with E-state index in [1.54, 1.807) is 31.2 Å². The minimum absolute atomic E-state index is 0.00177. The zero-order valence-electron chi connectivity index (χ0n) is 16.6. The number of rotatable bonds is 9. The van der Waals surface area contributed by atoms with Crippen LogP contribution in [0.1, 0.15) is 11.8 Å². The number of hydrogen-bond acceptors (Lipinski definition) is 6. The number of carbonyl (C=O) groups is 1. The first-order valence-corrected chi connectivity index (χ1v) is 12.0. The van der Waals surface area contributed by atoms with E-state index in [4.69, 9.17) is 16.3 Å². The Morgan fingerprint density at radius 2 is 1.90 bits per heavy atom. The molecule has 0 atom stereocenters. The number of hydrogen-bond donors (Lipinski definition) is 1. The number of nitrogens with zero attached hydrogens (tertiary/aromatic N) is 2. The van der Waals surface area contributed by atoms with Crippen LogP contribution in [0.4, 0.5) is 5.69 Å². The number of anilines is 1. The lowest BCUT2D eigenvalue weighted by molar-refractivity contribution is -0.119. The fraction of sp³-hybridized carbons (Fsp3) is 0.143. The summed E-state index contributed by atoms with van der Waals surface area (Å²) in [6.07, 6.45) is 1.49. The summed E-state index contributed by atoms with van der Waals surface area (Å²) in [4.78, 5) is 13.4. The highest BCUT2D eigenvalue weighted by Gasteiger charge is 2.29. The molecule has 0 aliphatic carbocycles. The van der Waals surface area contributed by atoms with E-state index in [1.165, 1.54) is 41.8 Å². The largest absolute Gasteiger partial charge is 0.492 e. The molecule has 3 aromatic rings. The van der Waals surface area contributed by atoms with Gasteiger partial charge in [0, 0.05) is 9.90 Å². The maximum Gasteiger partial charge on any atom is 0.264 e. The van der Waals surface area contributed by atoms with E-state index in [1.807, 2.05) is 17.5 Å². The van der Waals surface area contributed by atoms with Crippen molar-refractivity contribution in [1.29, 1.82) is 0 Å². The zero-order valence-corrected chi connectivity index (χ0v) is 19.0. The molecule has 1 aromatic heterocycles. The lowest BCUT2D eigenvalue weighted by Gasteiger charge is -2.25. The van der Waals surface area contributed by atoms with Gasteiger partial charge in [-0.3, -0.25) is 9.10 Å². The van der Waals surface area contributed by atoms with Crippen LogP contribution >= 0.6 is 22.9 Å². The van der Waals surface area contributed by atoms with Crippen LogP contribution in [-0.4, -0.2) is 33.7 Å². The van der Waals surface area contributed by atoms with Crippen LogP contribution in [0.3, 0.4) is 0 Å². The molecule has 0 aliphatic rings. The Labute approximate surface area is 190 Å². The summed E-state index contributed by atoms with van der Waals surface area (Å²) in [6, 6.07) is 16.1. The summed E-state index contributed by atoms with van der Waals surface area (Å²) < 4.78 is 33.4. The molecule has 0 aliphatic heterocycles. The zero-order chi connectivity index (χ0) is 22.3. The summed E-state index contributed by atoms with van der Waals surface area (Å²) in [5, 5.41) is 6.19. The Morgan fingerprint density at radius 3 is 2.58 bits per heavy atom. The topological polar surface area (TPSA) is 88.1 Å². The molecule has 0 radical (unpaired) electrons. The average Bonchev–Trinajstić information content (AvgIpc) is 3.27. The summed E-state index contributed by atoms with van der Waals surface area (Å²) >= 11 is 7.36. The molecule has 0 bridgehead atoms. The van der Waals surface area contributed by atoms with Gasteiger partial charge in [-0.2, -0.15) is 5.10 Å². The van der Waals surface area contributed by atoms with Gasteiger partial charge in [0.05, 0.1) is 23.4 Å². The first-order valence-electron chi connectivity index (χ1n) is 9.27. The van der Waals surface area contributed by atoms with Gasteiger partial charge in [-0.15, -0.1) is 11.3 Å². The van der Waals surface area contributed by atoms with Gasteiger partial charge in [0.25, 0.3) is 15.9 Å². The summed E-state index contributed by atoms with van der Waals surface area (Å²) in [7, 11) is -4.09. The molecule has 0 fully saturated rings. The van der Waals surface area contributed by atoms with E-state index in [2.05, 4.69) is 10.5 Å². The molecule has 3 rings (SSSR count). The maximum absolute atomic E-state index is 13.4. The number of halogens is 1. The number of thiophene rings is 1. The quantitative estimate of drug-likeness (QED) is 0.370. The molecular formula is C21H20ClN3O4S2. The van der Waals surface area contributed by atoms with Crippen molar-refractivity contribution in [3.63, 3.8) is 0 Å². The van der Waals surface area contributed by atoms with Crippen LogP contribution in [0.5, 0.6) is 5.75 Å². The molecule has 10 heteroatoms. The van der Waals surface area contributed by atoms with Gasteiger partial charge in [0.2, 0.25) is 0 Å². The second-order valence-electron chi connectivity index (χ2n) is 6.17. The third-order valence-electron chi connectivity index (χ3n) is 4.05. The molecule has 1 amide bonds. The van der Waals surface area contributed by atoms with Crippen molar-refractivity contribution in [2.75, 3.05) is 17.5 Å². The first kappa shape index (κ1) is 22.8. The maximum atomic E-state index is 13.4. The highest BCUT2D eigenvalue weighted by Crippen LogP contribution is 2.32. The van der Waals surface area contributed by atoms with Crippen molar-refractivity contribution in [2.45, 2.75) is 11.8 Å². The van der Waals surface area contributed by atoms with Gasteiger partial charge in [-0.25, -0.2) is 13.8 Å². The van der Waals surface area contributed by atoms with E-state index in [-0.39, 0.29) is 10.6 Å². The third kappa shape index (κ3) is 5.84. The van der Waals surface area contributed by atoms with Gasteiger partial charge >= 0.3 is 0 Å². The molecule has 0 saturated heterocycles. The summed E-state index contributed by atoms with van der Waals surface area (Å²) in [5.41, 5.74) is 2.62. The van der Waals surface area contributed by atoms with E-state index in [0.717, 1.165) is 9.18 Å². The first-order chi connectivity index (χ1) is 14.9.